The molecule has 0 aliphatic heterocycles. The van der Waals surface area contributed by atoms with Crippen molar-refractivity contribution in [3.05, 3.63) is 0 Å². The van der Waals surface area contributed by atoms with E-state index in [9.17, 15) is 14.4 Å². The molecule has 0 aromatic carbocycles. The summed E-state index contributed by atoms with van der Waals surface area (Å²) in [5.74, 6) is -2.54. The predicted molar refractivity (Wildman–Crippen MR) is 50.7 cm³/mol. The molecule has 1 unspecified atom stereocenters. The van der Waals surface area contributed by atoms with E-state index in [2.05, 4.69) is 0 Å². The Kier molecular flexibility index (Phi) is 3.83. The summed E-state index contributed by atoms with van der Waals surface area (Å²) in [5, 5.41) is 10.6. The number of amides is 1. The lowest BCUT2D eigenvalue weighted by atomic mass is 10.0. The maximum Gasteiger partial charge on any atom is 0.343 e. The molecule has 0 heterocycles. The third-order valence-corrected chi connectivity index (χ3v) is 1.54. The first-order valence-electron chi connectivity index (χ1n) is 4.24. The summed E-state index contributed by atoms with van der Waals surface area (Å²) < 4.78 is 4.86. The lowest BCUT2D eigenvalue weighted by Crippen LogP contribution is -2.57. The highest BCUT2D eigenvalue weighted by molar-refractivity contribution is 6.05. The first kappa shape index (κ1) is 13.4. The molecule has 0 rings (SSSR count). The zero-order chi connectivity index (χ0) is 12.3. The van der Waals surface area contributed by atoms with E-state index in [1.165, 1.54) is 6.41 Å². The third kappa shape index (κ3) is 3.57. The number of ether oxygens (including phenoxy) is 1. The quantitative estimate of drug-likeness (QED) is 0.386. The van der Waals surface area contributed by atoms with E-state index >= 15 is 0 Å². The van der Waals surface area contributed by atoms with Crippen molar-refractivity contribution >= 4 is 18.3 Å². The number of carboxylic acid groups (broad SMARTS) is 1. The lowest BCUT2D eigenvalue weighted by Gasteiger charge is -2.27. The maximum absolute atomic E-state index is 11.5. The molecule has 0 aliphatic rings. The molecule has 0 fully saturated rings. The van der Waals surface area contributed by atoms with Crippen LogP contribution in [0.4, 0.5) is 0 Å². The lowest BCUT2D eigenvalue weighted by molar-refractivity contribution is -0.169. The second-order valence-electron chi connectivity index (χ2n) is 4.16. The Balaban J connectivity index is 4.87. The van der Waals surface area contributed by atoms with Crippen molar-refractivity contribution in [2.45, 2.75) is 38.8 Å². The molecule has 0 spiro atoms. The van der Waals surface area contributed by atoms with E-state index in [1.807, 2.05) is 0 Å². The van der Waals surface area contributed by atoms with Crippen LogP contribution >= 0.6 is 0 Å². The van der Waals surface area contributed by atoms with E-state index in [0.717, 1.165) is 6.92 Å². The standard InChI is InChI=1S/C9H14NO5/c1-8(2,3)15-7(14)9(4,6(12)13)10-5-11/h1-4H3,(H,10,11)(H,12,13). The molecule has 1 atom stereocenters. The number of hydrogen-bond acceptors (Lipinski definition) is 4. The van der Waals surface area contributed by atoms with Crippen LogP contribution < -0.4 is 5.32 Å². The summed E-state index contributed by atoms with van der Waals surface area (Å²) >= 11 is 0. The van der Waals surface area contributed by atoms with Crippen molar-refractivity contribution in [2.24, 2.45) is 0 Å². The molecule has 6 nitrogen and oxygen atoms in total. The van der Waals surface area contributed by atoms with Crippen LogP contribution in [-0.2, 0) is 19.1 Å². The van der Waals surface area contributed by atoms with Crippen molar-refractivity contribution in [1.29, 1.82) is 0 Å². The van der Waals surface area contributed by atoms with Gasteiger partial charge in [-0.2, -0.15) is 0 Å². The minimum absolute atomic E-state index is 0.821. The van der Waals surface area contributed by atoms with E-state index in [1.54, 1.807) is 26.1 Å². The highest BCUT2D eigenvalue weighted by atomic mass is 16.6. The molecule has 0 aliphatic carbocycles. The maximum atomic E-state index is 11.5. The van der Waals surface area contributed by atoms with Gasteiger partial charge in [-0.15, -0.1) is 0 Å². The number of carboxylic acids is 1. The van der Waals surface area contributed by atoms with Gasteiger partial charge in [-0.1, -0.05) is 0 Å². The van der Waals surface area contributed by atoms with Gasteiger partial charge in [-0.3, -0.25) is 4.79 Å². The first-order valence-corrected chi connectivity index (χ1v) is 4.24. The van der Waals surface area contributed by atoms with Crippen LogP contribution in [0.5, 0.6) is 0 Å². The smallest absolute Gasteiger partial charge is 0.343 e. The molecule has 0 aromatic rings. The average Bonchev–Trinajstić information content (AvgIpc) is 2.00. The molecule has 1 amide bonds. The second kappa shape index (κ2) is 4.29. The SMILES string of the molecule is CC(C)(C)OC(=O)C(C)(N[C]=O)C(=O)O. The van der Waals surface area contributed by atoms with Crippen LogP contribution in [0.25, 0.3) is 0 Å². The summed E-state index contributed by atoms with van der Waals surface area (Å²) in [6.45, 7) is 5.82. The van der Waals surface area contributed by atoms with Crippen LogP contribution in [0.2, 0.25) is 0 Å². The van der Waals surface area contributed by atoms with Crippen molar-refractivity contribution in [2.75, 3.05) is 0 Å². The molecule has 0 bridgehead atoms. The highest BCUT2D eigenvalue weighted by Gasteiger charge is 2.44. The zero-order valence-electron chi connectivity index (χ0n) is 9.08. The van der Waals surface area contributed by atoms with Gasteiger partial charge in [-0.25, -0.2) is 9.59 Å². The van der Waals surface area contributed by atoms with Crippen molar-refractivity contribution in [3.63, 3.8) is 0 Å². The molecule has 2 N–H and O–H groups in total. The molecule has 0 saturated carbocycles. The number of rotatable bonds is 4. The van der Waals surface area contributed by atoms with Gasteiger partial charge >= 0.3 is 18.3 Å². The summed E-state index contributed by atoms with van der Waals surface area (Å²) in [7, 11) is 0. The van der Waals surface area contributed by atoms with Crippen LogP contribution in [0, 0.1) is 0 Å². The van der Waals surface area contributed by atoms with Crippen molar-refractivity contribution in [3.8, 4) is 0 Å². The highest BCUT2D eigenvalue weighted by Crippen LogP contribution is 2.14. The van der Waals surface area contributed by atoms with Crippen LogP contribution in [0.1, 0.15) is 27.7 Å². The predicted octanol–water partition coefficient (Wildman–Crippen LogP) is -0.172. The fourth-order valence-electron chi connectivity index (χ4n) is 0.674. The van der Waals surface area contributed by atoms with Gasteiger partial charge in [-0.05, 0) is 27.7 Å². The summed E-state index contributed by atoms with van der Waals surface area (Å²) in [5.41, 5.74) is -2.92. The molecule has 1 radical (unpaired) electrons. The van der Waals surface area contributed by atoms with Crippen LogP contribution in [-0.4, -0.2) is 34.6 Å². The summed E-state index contributed by atoms with van der Waals surface area (Å²) in [6.07, 6.45) is 1.17. The van der Waals surface area contributed by atoms with Gasteiger partial charge < -0.3 is 15.2 Å². The van der Waals surface area contributed by atoms with Gasteiger partial charge in [0.25, 0.3) is 0 Å². The molecule has 0 saturated heterocycles. The fraction of sp³-hybridized carbons (Fsp3) is 0.667. The van der Waals surface area contributed by atoms with Gasteiger partial charge in [0.15, 0.2) is 0 Å². The minimum atomic E-state index is -2.10. The van der Waals surface area contributed by atoms with Gasteiger partial charge in [0, 0.05) is 0 Å². The number of nitrogens with one attached hydrogen (secondary N) is 1. The summed E-state index contributed by atoms with van der Waals surface area (Å²) in [4.78, 5) is 32.4. The van der Waals surface area contributed by atoms with Gasteiger partial charge in [0.1, 0.15) is 5.60 Å². The number of aliphatic carboxylic acids is 1. The Bertz CT molecular complexity index is 281. The average molecular weight is 216 g/mol. The molecule has 15 heavy (non-hydrogen) atoms. The van der Waals surface area contributed by atoms with E-state index in [-0.39, 0.29) is 0 Å². The number of esters is 1. The minimum Gasteiger partial charge on any atom is -0.479 e. The van der Waals surface area contributed by atoms with E-state index < -0.39 is 23.1 Å². The van der Waals surface area contributed by atoms with Crippen LogP contribution in [0.15, 0.2) is 0 Å². The third-order valence-electron chi connectivity index (χ3n) is 1.54. The van der Waals surface area contributed by atoms with Crippen molar-refractivity contribution in [1.82, 2.24) is 5.32 Å². The first-order chi connectivity index (χ1) is 6.63. The molecular formula is C9H14NO5. The molecule has 0 aromatic heterocycles. The van der Waals surface area contributed by atoms with E-state index in [0.29, 0.717) is 0 Å². The monoisotopic (exact) mass is 216 g/mol. The van der Waals surface area contributed by atoms with Crippen LogP contribution in [0.3, 0.4) is 0 Å². The second-order valence-corrected chi connectivity index (χ2v) is 4.16. The largest absolute Gasteiger partial charge is 0.479 e. The van der Waals surface area contributed by atoms with Crippen molar-refractivity contribution < 1.29 is 24.2 Å². The Morgan fingerprint density at radius 2 is 1.73 bits per heavy atom. The Labute approximate surface area is 87.6 Å². The number of carbonyl (C=O) groups is 2. The molecule has 6 heteroatoms. The zero-order valence-corrected chi connectivity index (χ0v) is 9.08. The fourth-order valence-corrected chi connectivity index (χ4v) is 0.674. The Morgan fingerprint density at radius 3 is 2.00 bits per heavy atom. The normalized spacial score (nSPS) is 14.9. The van der Waals surface area contributed by atoms with E-state index in [4.69, 9.17) is 9.84 Å². The topological polar surface area (TPSA) is 92.7 Å². The molecule has 85 valence electrons. The Morgan fingerprint density at radius 1 is 1.27 bits per heavy atom. The number of hydrogen-bond donors (Lipinski definition) is 2. The Hall–Kier alpha value is -1.59. The number of carbonyl (C=O) groups excluding carboxylic acids is 2. The van der Waals surface area contributed by atoms with Gasteiger partial charge in [0.05, 0.1) is 0 Å². The molecular weight excluding hydrogens is 202 g/mol. The van der Waals surface area contributed by atoms with Gasteiger partial charge in [0.2, 0.25) is 5.54 Å². The summed E-state index contributed by atoms with van der Waals surface area (Å²) in [6, 6.07) is 0.